The highest BCUT2D eigenvalue weighted by molar-refractivity contribution is 5.89. The third kappa shape index (κ3) is 2.18. The molecule has 0 saturated heterocycles. The number of hydrogen-bond donors (Lipinski definition) is 0. The molecule has 0 aliphatic heterocycles. The number of pyridine rings is 2. The Morgan fingerprint density at radius 2 is 1.55 bits per heavy atom. The second kappa shape index (κ2) is 4.71. The number of aromatic nitrogens is 2. The van der Waals surface area contributed by atoms with E-state index in [0.29, 0.717) is 0 Å². The average Bonchev–Trinajstić information content (AvgIpc) is 2.39. The monoisotopic (exact) mass is 262 g/mol. The normalized spacial score (nSPS) is 11.0. The van der Waals surface area contributed by atoms with E-state index in [1.54, 1.807) is 0 Å². The summed E-state index contributed by atoms with van der Waals surface area (Å²) in [4.78, 5) is 8.94. The molecule has 0 unspecified atom stereocenters. The third-order valence-corrected chi connectivity index (χ3v) is 3.67. The standard InChI is InChI=1S/C18H18N2/c1-11-7-14(4)20-18-12(2)8-16(10-17(11)18)15-5-6-19-13(3)9-15/h5-10H,1-4H3. The summed E-state index contributed by atoms with van der Waals surface area (Å²) < 4.78 is 0. The van der Waals surface area contributed by atoms with Gasteiger partial charge >= 0.3 is 0 Å². The van der Waals surface area contributed by atoms with Crippen molar-refractivity contribution in [2.45, 2.75) is 27.7 Å². The number of aryl methyl sites for hydroxylation is 4. The van der Waals surface area contributed by atoms with Crippen LogP contribution in [0.3, 0.4) is 0 Å². The van der Waals surface area contributed by atoms with Gasteiger partial charge in [-0.15, -0.1) is 0 Å². The minimum Gasteiger partial charge on any atom is -0.262 e. The van der Waals surface area contributed by atoms with E-state index in [2.05, 4.69) is 54.1 Å². The molecule has 1 aromatic carbocycles. The summed E-state index contributed by atoms with van der Waals surface area (Å²) in [5.74, 6) is 0. The number of benzene rings is 1. The maximum absolute atomic E-state index is 4.68. The van der Waals surface area contributed by atoms with Crippen molar-refractivity contribution in [3.05, 3.63) is 59.0 Å². The highest BCUT2D eigenvalue weighted by Crippen LogP contribution is 2.28. The molecule has 2 heterocycles. The highest BCUT2D eigenvalue weighted by Gasteiger charge is 2.07. The molecule has 2 aromatic heterocycles. The molecule has 20 heavy (non-hydrogen) atoms. The lowest BCUT2D eigenvalue weighted by Gasteiger charge is -2.10. The van der Waals surface area contributed by atoms with Crippen molar-refractivity contribution in [3.63, 3.8) is 0 Å². The van der Waals surface area contributed by atoms with Gasteiger partial charge in [0.15, 0.2) is 0 Å². The van der Waals surface area contributed by atoms with Gasteiger partial charge in [-0.2, -0.15) is 0 Å². The van der Waals surface area contributed by atoms with E-state index in [-0.39, 0.29) is 0 Å². The van der Waals surface area contributed by atoms with Crippen LogP contribution in [0.2, 0.25) is 0 Å². The van der Waals surface area contributed by atoms with Crippen molar-refractivity contribution in [3.8, 4) is 11.1 Å². The summed E-state index contributed by atoms with van der Waals surface area (Å²) in [5.41, 5.74) is 8.17. The van der Waals surface area contributed by atoms with E-state index < -0.39 is 0 Å². The molecule has 2 heteroatoms. The van der Waals surface area contributed by atoms with Crippen LogP contribution in [0.25, 0.3) is 22.0 Å². The van der Waals surface area contributed by atoms with Crippen LogP contribution in [0.5, 0.6) is 0 Å². The molecule has 0 radical (unpaired) electrons. The van der Waals surface area contributed by atoms with Crippen LogP contribution >= 0.6 is 0 Å². The average molecular weight is 262 g/mol. The van der Waals surface area contributed by atoms with Gasteiger partial charge in [0.2, 0.25) is 0 Å². The van der Waals surface area contributed by atoms with Crippen LogP contribution in [0, 0.1) is 27.7 Å². The predicted molar refractivity (Wildman–Crippen MR) is 83.9 cm³/mol. The van der Waals surface area contributed by atoms with E-state index in [1.165, 1.54) is 27.6 Å². The smallest absolute Gasteiger partial charge is 0.0737 e. The summed E-state index contributed by atoms with van der Waals surface area (Å²) in [5, 5.41) is 1.24. The number of hydrogen-bond acceptors (Lipinski definition) is 2. The summed E-state index contributed by atoms with van der Waals surface area (Å²) in [6.45, 7) is 8.35. The molecule has 0 N–H and O–H groups in total. The topological polar surface area (TPSA) is 25.8 Å². The Morgan fingerprint density at radius 1 is 0.750 bits per heavy atom. The second-order valence-corrected chi connectivity index (χ2v) is 5.46. The van der Waals surface area contributed by atoms with Crippen molar-refractivity contribution < 1.29 is 0 Å². The van der Waals surface area contributed by atoms with Gasteiger partial charge in [0.1, 0.15) is 0 Å². The largest absolute Gasteiger partial charge is 0.262 e. The molecule has 0 aliphatic rings. The van der Waals surface area contributed by atoms with E-state index >= 15 is 0 Å². The lowest BCUT2D eigenvalue weighted by atomic mass is 9.98. The van der Waals surface area contributed by atoms with Gasteiger partial charge in [-0.3, -0.25) is 9.97 Å². The Morgan fingerprint density at radius 3 is 2.30 bits per heavy atom. The van der Waals surface area contributed by atoms with Crippen LogP contribution in [0.1, 0.15) is 22.5 Å². The Kier molecular flexibility index (Phi) is 3.01. The highest BCUT2D eigenvalue weighted by atomic mass is 14.7. The first-order valence-corrected chi connectivity index (χ1v) is 6.86. The quantitative estimate of drug-likeness (QED) is 0.644. The molecule has 0 amide bonds. The minimum absolute atomic E-state index is 1.04. The maximum atomic E-state index is 4.68. The van der Waals surface area contributed by atoms with Gasteiger partial charge in [-0.25, -0.2) is 0 Å². The van der Waals surface area contributed by atoms with Crippen molar-refractivity contribution in [1.82, 2.24) is 9.97 Å². The van der Waals surface area contributed by atoms with Crippen molar-refractivity contribution >= 4 is 10.9 Å². The van der Waals surface area contributed by atoms with Gasteiger partial charge in [0.05, 0.1) is 5.52 Å². The molecule has 0 bridgehead atoms. The Labute approximate surface area is 119 Å². The van der Waals surface area contributed by atoms with Gasteiger partial charge in [0, 0.05) is 23.0 Å². The lowest BCUT2D eigenvalue weighted by Crippen LogP contribution is -1.92. The van der Waals surface area contributed by atoms with Crippen LogP contribution in [-0.2, 0) is 0 Å². The Hall–Kier alpha value is -2.22. The first kappa shape index (κ1) is 12.8. The Bertz CT molecular complexity index is 804. The van der Waals surface area contributed by atoms with Crippen molar-refractivity contribution in [2.75, 3.05) is 0 Å². The van der Waals surface area contributed by atoms with Crippen molar-refractivity contribution in [2.24, 2.45) is 0 Å². The van der Waals surface area contributed by atoms with E-state index in [9.17, 15) is 0 Å². The Balaban J connectivity index is 2.29. The van der Waals surface area contributed by atoms with E-state index in [0.717, 1.165) is 16.9 Å². The predicted octanol–water partition coefficient (Wildman–Crippen LogP) is 4.53. The summed E-state index contributed by atoms with van der Waals surface area (Å²) >= 11 is 0. The third-order valence-electron chi connectivity index (χ3n) is 3.67. The van der Waals surface area contributed by atoms with Crippen molar-refractivity contribution in [1.29, 1.82) is 0 Å². The van der Waals surface area contributed by atoms with Crippen LogP contribution < -0.4 is 0 Å². The maximum Gasteiger partial charge on any atom is 0.0737 e. The SMILES string of the molecule is Cc1cc(-c2cc(C)c3nc(C)cc(C)c3c2)ccn1. The molecule has 3 rings (SSSR count). The van der Waals surface area contributed by atoms with Crippen LogP contribution in [0.15, 0.2) is 36.5 Å². The molecular weight excluding hydrogens is 244 g/mol. The zero-order chi connectivity index (χ0) is 14.3. The molecule has 2 nitrogen and oxygen atoms in total. The fraction of sp³-hybridized carbons (Fsp3) is 0.222. The van der Waals surface area contributed by atoms with Gasteiger partial charge < -0.3 is 0 Å². The fourth-order valence-electron chi connectivity index (χ4n) is 2.72. The van der Waals surface area contributed by atoms with Gasteiger partial charge in [0.25, 0.3) is 0 Å². The van der Waals surface area contributed by atoms with Crippen LogP contribution in [0.4, 0.5) is 0 Å². The number of rotatable bonds is 1. The zero-order valence-corrected chi connectivity index (χ0v) is 12.4. The zero-order valence-electron chi connectivity index (χ0n) is 12.4. The first-order chi connectivity index (χ1) is 9.54. The molecule has 0 atom stereocenters. The van der Waals surface area contributed by atoms with E-state index in [4.69, 9.17) is 0 Å². The number of fused-ring (bicyclic) bond motifs is 1. The number of nitrogens with zero attached hydrogens (tertiary/aromatic N) is 2. The lowest BCUT2D eigenvalue weighted by molar-refractivity contribution is 1.20. The van der Waals surface area contributed by atoms with Gasteiger partial charge in [-0.05, 0) is 80.3 Å². The molecular formula is C18H18N2. The van der Waals surface area contributed by atoms with Gasteiger partial charge in [-0.1, -0.05) is 0 Å². The molecule has 100 valence electrons. The first-order valence-electron chi connectivity index (χ1n) is 6.86. The molecule has 0 spiro atoms. The minimum atomic E-state index is 1.04. The molecule has 3 aromatic rings. The summed E-state index contributed by atoms with van der Waals surface area (Å²) in [6, 6.07) is 10.8. The summed E-state index contributed by atoms with van der Waals surface area (Å²) in [7, 11) is 0. The summed E-state index contributed by atoms with van der Waals surface area (Å²) in [6.07, 6.45) is 1.87. The van der Waals surface area contributed by atoms with E-state index in [1.807, 2.05) is 20.0 Å². The molecule has 0 saturated carbocycles. The fourth-order valence-corrected chi connectivity index (χ4v) is 2.72. The van der Waals surface area contributed by atoms with Crippen LogP contribution in [-0.4, -0.2) is 9.97 Å². The second-order valence-electron chi connectivity index (χ2n) is 5.46. The molecule has 0 fully saturated rings. The molecule has 0 aliphatic carbocycles.